The maximum atomic E-state index is 12.0. The summed E-state index contributed by atoms with van der Waals surface area (Å²) in [6.45, 7) is 7.15. The standard InChI is InChI=1S/C16H24O6/c1-11(2)6-5-7-14(20-10-19-4)16-13(18)8-9-15(22-16)21-12(3)17/h8-9,14-16H,1,5-7,10H2,2-4H3. The number of ketones is 1. The van der Waals surface area contributed by atoms with Crippen LogP contribution in [0, 0.1) is 0 Å². The number of hydrogen-bond donors (Lipinski definition) is 0. The van der Waals surface area contributed by atoms with E-state index in [1.165, 1.54) is 26.2 Å². The lowest BCUT2D eigenvalue weighted by molar-refractivity contribution is -0.201. The Morgan fingerprint density at radius 3 is 2.77 bits per heavy atom. The van der Waals surface area contributed by atoms with E-state index in [1.807, 2.05) is 6.92 Å². The largest absolute Gasteiger partial charge is 0.432 e. The average molecular weight is 312 g/mol. The van der Waals surface area contributed by atoms with Crippen LogP contribution in [0.5, 0.6) is 0 Å². The van der Waals surface area contributed by atoms with Gasteiger partial charge in [0.1, 0.15) is 6.79 Å². The molecule has 0 aliphatic carbocycles. The van der Waals surface area contributed by atoms with E-state index in [0.29, 0.717) is 6.42 Å². The lowest BCUT2D eigenvalue weighted by atomic mass is 10.00. The number of ether oxygens (including phenoxy) is 4. The van der Waals surface area contributed by atoms with E-state index in [-0.39, 0.29) is 12.6 Å². The minimum Gasteiger partial charge on any atom is -0.432 e. The van der Waals surface area contributed by atoms with Gasteiger partial charge in [0, 0.05) is 14.0 Å². The van der Waals surface area contributed by atoms with Crippen LogP contribution in [0.25, 0.3) is 0 Å². The van der Waals surface area contributed by atoms with E-state index in [0.717, 1.165) is 18.4 Å². The third-order valence-corrected chi connectivity index (χ3v) is 3.09. The SMILES string of the molecule is C=C(C)CCCC(OCOC)C1OC(OC(C)=O)C=CC1=O. The van der Waals surface area contributed by atoms with Crippen molar-refractivity contribution < 1.29 is 28.5 Å². The minimum absolute atomic E-state index is 0.0623. The molecule has 1 aliphatic heterocycles. The maximum absolute atomic E-state index is 12.0. The molecule has 0 saturated heterocycles. The molecule has 1 rings (SSSR count). The van der Waals surface area contributed by atoms with Crippen molar-refractivity contribution >= 4 is 11.8 Å². The van der Waals surface area contributed by atoms with Gasteiger partial charge in [-0.1, -0.05) is 5.57 Å². The first-order valence-electron chi connectivity index (χ1n) is 7.23. The number of allylic oxidation sites excluding steroid dienone is 1. The second kappa shape index (κ2) is 9.50. The molecular weight excluding hydrogens is 288 g/mol. The zero-order valence-corrected chi connectivity index (χ0v) is 13.4. The minimum atomic E-state index is -0.866. The van der Waals surface area contributed by atoms with Crippen molar-refractivity contribution in [2.45, 2.75) is 51.6 Å². The third kappa shape index (κ3) is 6.51. The quantitative estimate of drug-likeness (QED) is 0.369. The highest BCUT2D eigenvalue weighted by Crippen LogP contribution is 2.21. The van der Waals surface area contributed by atoms with Crippen LogP contribution in [-0.2, 0) is 28.5 Å². The van der Waals surface area contributed by atoms with Gasteiger partial charge in [-0.05, 0) is 38.3 Å². The van der Waals surface area contributed by atoms with Gasteiger partial charge in [0.2, 0.25) is 6.29 Å². The molecule has 22 heavy (non-hydrogen) atoms. The number of carbonyl (C=O) groups excluding carboxylic acids is 2. The number of methoxy groups -OCH3 is 1. The van der Waals surface area contributed by atoms with Crippen LogP contribution in [0.4, 0.5) is 0 Å². The van der Waals surface area contributed by atoms with E-state index >= 15 is 0 Å². The Kier molecular flexibility index (Phi) is 8.01. The predicted octanol–water partition coefficient (Wildman–Crippen LogP) is 2.14. The Morgan fingerprint density at radius 2 is 2.18 bits per heavy atom. The van der Waals surface area contributed by atoms with Gasteiger partial charge in [-0.2, -0.15) is 0 Å². The molecule has 0 N–H and O–H groups in total. The van der Waals surface area contributed by atoms with Crippen LogP contribution in [0.1, 0.15) is 33.1 Å². The number of hydrogen-bond acceptors (Lipinski definition) is 6. The monoisotopic (exact) mass is 312 g/mol. The molecule has 0 aromatic carbocycles. The van der Waals surface area contributed by atoms with E-state index in [1.54, 1.807) is 0 Å². The second-order valence-electron chi connectivity index (χ2n) is 5.26. The first kappa shape index (κ1) is 18.5. The fourth-order valence-corrected chi connectivity index (χ4v) is 2.11. The summed E-state index contributed by atoms with van der Waals surface area (Å²) in [6.07, 6.45) is 2.92. The van der Waals surface area contributed by atoms with Gasteiger partial charge in [-0.25, -0.2) is 0 Å². The molecule has 3 atom stereocenters. The summed E-state index contributed by atoms with van der Waals surface area (Å²) in [7, 11) is 1.51. The molecule has 0 bridgehead atoms. The molecule has 0 fully saturated rings. The molecule has 3 unspecified atom stereocenters. The van der Waals surface area contributed by atoms with Gasteiger partial charge in [-0.15, -0.1) is 6.58 Å². The van der Waals surface area contributed by atoms with Gasteiger partial charge in [0.25, 0.3) is 0 Å². The molecule has 124 valence electrons. The Balaban J connectivity index is 2.69. The fourth-order valence-electron chi connectivity index (χ4n) is 2.11. The molecule has 0 amide bonds. The van der Waals surface area contributed by atoms with Crippen LogP contribution in [-0.4, -0.2) is 44.2 Å². The lowest BCUT2D eigenvalue weighted by Gasteiger charge is -2.30. The Bertz CT molecular complexity index is 428. The van der Waals surface area contributed by atoms with Gasteiger partial charge >= 0.3 is 5.97 Å². The zero-order chi connectivity index (χ0) is 16.5. The number of esters is 1. The highest BCUT2D eigenvalue weighted by Gasteiger charge is 2.34. The second-order valence-corrected chi connectivity index (χ2v) is 5.26. The summed E-state index contributed by atoms with van der Waals surface area (Å²) in [4.78, 5) is 23.0. The van der Waals surface area contributed by atoms with Crippen molar-refractivity contribution in [3.63, 3.8) is 0 Å². The molecule has 0 radical (unpaired) electrons. The van der Waals surface area contributed by atoms with E-state index in [9.17, 15) is 9.59 Å². The Hall–Kier alpha value is -1.50. The number of carbonyl (C=O) groups is 2. The molecule has 6 nitrogen and oxygen atoms in total. The van der Waals surface area contributed by atoms with Crippen LogP contribution in [0.15, 0.2) is 24.3 Å². The first-order valence-corrected chi connectivity index (χ1v) is 7.23. The molecule has 0 spiro atoms. The van der Waals surface area contributed by atoms with Crippen LogP contribution in [0.3, 0.4) is 0 Å². The van der Waals surface area contributed by atoms with Crippen molar-refractivity contribution in [3.8, 4) is 0 Å². The van der Waals surface area contributed by atoms with E-state index in [2.05, 4.69) is 6.58 Å². The molecule has 6 heteroatoms. The van der Waals surface area contributed by atoms with Crippen molar-refractivity contribution in [1.82, 2.24) is 0 Å². The highest BCUT2D eigenvalue weighted by molar-refractivity contribution is 5.94. The Morgan fingerprint density at radius 1 is 1.45 bits per heavy atom. The van der Waals surface area contributed by atoms with Crippen molar-refractivity contribution in [3.05, 3.63) is 24.3 Å². The fraction of sp³-hybridized carbons (Fsp3) is 0.625. The molecule has 0 aromatic heterocycles. The van der Waals surface area contributed by atoms with Crippen LogP contribution < -0.4 is 0 Å². The van der Waals surface area contributed by atoms with Crippen LogP contribution >= 0.6 is 0 Å². The van der Waals surface area contributed by atoms with Gasteiger partial charge in [-0.3, -0.25) is 9.59 Å². The summed E-state index contributed by atoms with van der Waals surface area (Å²) < 4.78 is 21.0. The third-order valence-electron chi connectivity index (χ3n) is 3.09. The molecule has 1 heterocycles. The zero-order valence-electron chi connectivity index (χ0n) is 13.4. The topological polar surface area (TPSA) is 71.1 Å². The van der Waals surface area contributed by atoms with Crippen molar-refractivity contribution in [2.24, 2.45) is 0 Å². The predicted molar refractivity (Wildman–Crippen MR) is 80.0 cm³/mol. The van der Waals surface area contributed by atoms with Crippen molar-refractivity contribution in [1.29, 1.82) is 0 Å². The summed E-state index contributed by atoms with van der Waals surface area (Å²) in [5.41, 5.74) is 1.07. The molecule has 0 saturated carbocycles. The van der Waals surface area contributed by atoms with E-state index < -0.39 is 24.5 Å². The summed E-state index contributed by atoms with van der Waals surface area (Å²) >= 11 is 0. The highest BCUT2D eigenvalue weighted by atomic mass is 16.7. The van der Waals surface area contributed by atoms with Gasteiger partial charge in [0.15, 0.2) is 11.9 Å². The molecular formula is C16H24O6. The van der Waals surface area contributed by atoms with Crippen LogP contribution in [0.2, 0.25) is 0 Å². The van der Waals surface area contributed by atoms with Gasteiger partial charge in [0.05, 0.1) is 6.10 Å². The van der Waals surface area contributed by atoms with E-state index in [4.69, 9.17) is 18.9 Å². The lowest BCUT2D eigenvalue weighted by Crippen LogP contribution is -2.43. The average Bonchev–Trinajstić information content (AvgIpc) is 2.44. The van der Waals surface area contributed by atoms with Gasteiger partial charge < -0.3 is 18.9 Å². The Labute approximate surface area is 131 Å². The summed E-state index contributed by atoms with van der Waals surface area (Å²) in [5, 5.41) is 0. The number of rotatable bonds is 9. The van der Waals surface area contributed by atoms with Crippen molar-refractivity contribution in [2.75, 3.05) is 13.9 Å². The summed E-state index contributed by atoms with van der Waals surface area (Å²) in [5.74, 6) is -0.681. The summed E-state index contributed by atoms with van der Waals surface area (Å²) in [6, 6.07) is 0. The normalized spacial score (nSPS) is 22.4. The first-order chi connectivity index (χ1) is 10.4. The maximum Gasteiger partial charge on any atom is 0.305 e. The molecule has 1 aliphatic rings. The smallest absolute Gasteiger partial charge is 0.305 e. The molecule has 0 aromatic rings.